The summed E-state index contributed by atoms with van der Waals surface area (Å²) in [6.45, 7) is 5.58. The predicted octanol–water partition coefficient (Wildman–Crippen LogP) is 2.62. The molecule has 0 atom stereocenters. The van der Waals surface area contributed by atoms with Gasteiger partial charge in [0.2, 0.25) is 11.8 Å². The summed E-state index contributed by atoms with van der Waals surface area (Å²) in [5.41, 5.74) is -0.105. The summed E-state index contributed by atoms with van der Waals surface area (Å²) in [7, 11) is 0. The van der Waals surface area contributed by atoms with Crippen molar-refractivity contribution in [1.82, 2.24) is 9.80 Å². The highest BCUT2D eigenvalue weighted by molar-refractivity contribution is 7.12. The Morgan fingerprint density at radius 1 is 1.15 bits per heavy atom. The van der Waals surface area contributed by atoms with Crippen LogP contribution in [0, 0.1) is 12.8 Å². The third kappa shape index (κ3) is 3.67. The summed E-state index contributed by atoms with van der Waals surface area (Å²) in [4.78, 5) is 32.3. The van der Waals surface area contributed by atoms with E-state index in [0.717, 1.165) is 56.7 Å². The lowest BCUT2D eigenvalue weighted by atomic mass is 9.84. The highest BCUT2D eigenvalue weighted by Crippen LogP contribution is 2.39. The number of aryl methyl sites for hydroxylation is 1. The second-order valence-electron chi connectivity index (χ2n) is 7.92. The third-order valence-electron chi connectivity index (χ3n) is 6.10. The van der Waals surface area contributed by atoms with Crippen LogP contribution >= 0.6 is 11.3 Å². The van der Waals surface area contributed by atoms with Crippen LogP contribution in [-0.2, 0) is 20.7 Å². The molecule has 2 amide bonds. The normalized spacial score (nSPS) is 23.1. The van der Waals surface area contributed by atoms with Crippen LogP contribution in [0.2, 0.25) is 0 Å². The van der Waals surface area contributed by atoms with Crippen LogP contribution in [0.15, 0.2) is 12.1 Å². The minimum absolute atomic E-state index is 0.105. The average Bonchev–Trinajstić information content (AvgIpc) is 3.43. The van der Waals surface area contributed by atoms with E-state index in [4.69, 9.17) is 4.74 Å². The lowest BCUT2D eigenvalue weighted by Crippen LogP contribution is -2.55. The number of thiophene rings is 1. The van der Waals surface area contributed by atoms with Gasteiger partial charge in [0.05, 0.1) is 6.42 Å². The fourth-order valence-electron chi connectivity index (χ4n) is 4.30. The molecule has 1 aromatic rings. The van der Waals surface area contributed by atoms with Crippen LogP contribution in [0.4, 0.5) is 0 Å². The lowest BCUT2D eigenvalue weighted by molar-refractivity contribution is -0.143. The SMILES string of the molecule is Cc1ccc(CC(=O)N2CCN(C(=O)C3CC3)C3(CCOCC3)CC2)s1. The van der Waals surface area contributed by atoms with Gasteiger partial charge in [0.25, 0.3) is 0 Å². The first kappa shape index (κ1) is 18.0. The van der Waals surface area contributed by atoms with Crippen LogP contribution in [0.1, 0.15) is 41.9 Å². The van der Waals surface area contributed by atoms with E-state index in [1.54, 1.807) is 11.3 Å². The molecule has 2 aliphatic heterocycles. The Morgan fingerprint density at radius 2 is 1.92 bits per heavy atom. The number of hydrogen-bond donors (Lipinski definition) is 0. The molecule has 3 aliphatic rings. The number of ether oxygens (including phenoxy) is 1. The Hall–Kier alpha value is -1.40. The first-order chi connectivity index (χ1) is 12.6. The van der Waals surface area contributed by atoms with Gasteiger partial charge in [-0.25, -0.2) is 0 Å². The topological polar surface area (TPSA) is 49.9 Å². The molecule has 1 aromatic heterocycles. The predicted molar refractivity (Wildman–Crippen MR) is 101 cm³/mol. The van der Waals surface area contributed by atoms with E-state index in [-0.39, 0.29) is 17.4 Å². The third-order valence-corrected chi connectivity index (χ3v) is 7.10. The molecule has 0 unspecified atom stereocenters. The summed E-state index contributed by atoms with van der Waals surface area (Å²) >= 11 is 1.70. The smallest absolute Gasteiger partial charge is 0.227 e. The second kappa shape index (κ2) is 7.31. The molecule has 3 heterocycles. The zero-order chi connectivity index (χ0) is 18.1. The van der Waals surface area contributed by atoms with Crippen LogP contribution < -0.4 is 0 Å². The van der Waals surface area contributed by atoms with Crippen molar-refractivity contribution in [3.8, 4) is 0 Å². The molecule has 26 heavy (non-hydrogen) atoms. The first-order valence-electron chi connectivity index (χ1n) is 9.80. The van der Waals surface area contributed by atoms with Crippen molar-refractivity contribution < 1.29 is 14.3 Å². The van der Waals surface area contributed by atoms with E-state index < -0.39 is 0 Å². The minimum Gasteiger partial charge on any atom is -0.381 e. The van der Waals surface area contributed by atoms with Gasteiger partial charge in [0.15, 0.2) is 0 Å². The van der Waals surface area contributed by atoms with Crippen molar-refractivity contribution in [2.75, 3.05) is 32.8 Å². The molecule has 0 aromatic carbocycles. The summed E-state index contributed by atoms with van der Waals surface area (Å²) in [6, 6.07) is 4.13. The fraction of sp³-hybridized carbons (Fsp3) is 0.700. The van der Waals surface area contributed by atoms with Gasteiger partial charge in [-0.3, -0.25) is 9.59 Å². The maximum atomic E-state index is 12.9. The van der Waals surface area contributed by atoms with E-state index >= 15 is 0 Å². The molecule has 1 aliphatic carbocycles. The Labute approximate surface area is 159 Å². The van der Waals surface area contributed by atoms with Gasteiger partial charge < -0.3 is 14.5 Å². The maximum absolute atomic E-state index is 12.9. The van der Waals surface area contributed by atoms with Crippen LogP contribution in [0.5, 0.6) is 0 Å². The summed E-state index contributed by atoms with van der Waals surface area (Å²) in [5.74, 6) is 0.732. The van der Waals surface area contributed by atoms with Crippen molar-refractivity contribution in [3.05, 3.63) is 21.9 Å². The van der Waals surface area contributed by atoms with Gasteiger partial charge in [-0.2, -0.15) is 0 Å². The summed E-state index contributed by atoms with van der Waals surface area (Å²) < 4.78 is 5.58. The highest BCUT2D eigenvalue weighted by atomic mass is 32.1. The molecular formula is C20H28N2O3S. The van der Waals surface area contributed by atoms with Crippen LogP contribution in [0.3, 0.4) is 0 Å². The molecule has 0 bridgehead atoms. The zero-order valence-corrected chi connectivity index (χ0v) is 16.4. The molecule has 2 saturated heterocycles. The second-order valence-corrected chi connectivity index (χ2v) is 9.29. The van der Waals surface area contributed by atoms with Crippen LogP contribution in [0.25, 0.3) is 0 Å². The van der Waals surface area contributed by atoms with Gasteiger partial charge in [-0.05, 0) is 51.2 Å². The van der Waals surface area contributed by atoms with E-state index in [1.165, 1.54) is 4.88 Å². The minimum atomic E-state index is -0.105. The van der Waals surface area contributed by atoms with Crippen molar-refractivity contribution in [1.29, 1.82) is 0 Å². The molecule has 0 radical (unpaired) electrons. The molecule has 6 heteroatoms. The molecule has 5 nitrogen and oxygen atoms in total. The monoisotopic (exact) mass is 376 g/mol. The molecule has 4 rings (SSSR count). The molecular weight excluding hydrogens is 348 g/mol. The van der Waals surface area contributed by atoms with Gasteiger partial charge in [0, 0.05) is 54.1 Å². The lowest BCUT2D eigenvalue weighted by Gasteiger charge is -2.45. The quantitative estimate of drug-likeness (QED) is 0.815. The Balaban J connectivity index is 1.47. The number of nitrogens with zero attached hydrogens (tertiary/aromatic N) is 2. The number of hydrogen-bond acceptors (Lipinski definition) is 4. The van der Waals surface area contributed by atoms with Gasteiger partial charge in [0.1, 0.15) is 0 Å². The summed E-state index contributed by atoms with van der Waals surface area (Å²) in [5, 5.41) is 0. The van der Waals surface area contributed by atoms with Gasteiger partial charge in [-0.15, -0.1) is 11.3 Å². The molecule has 3 fully saturated rings. The molecule has 1 saturated carbocycles. The molecule has 0 N–H and O–H groups in total. The first-order valence-corrected chi connectivity index (χ1v) is 10.6. The van der Waals surface area contributed by atoms with E-state index in [0.29, 0.717) is 25.4 Å². The van der Waals surface area contributed by atoms with Crippen molar-refractivity contribution in [2.24, 2.45) is 5.92 Å². The largest absolute Gasteiger partial charge is 0.381 e. The van der Waals surface area contributed by atoms with Crippen molar-refractivity contribution in [2.45, 2.75) is 51.0 Å². The van der Waals surface area contributed by atoms with Crippen molar-refractivity contribution in [3.63, 3.8) is 0 Å². The van der Waals surface area contributed by atoms with E-state index in [9.17, 15) is 9.59 Å². The standard InChI is InChI=1S/C20H28N2O3S/c1-15-2-5-17(26-15)14-18(23)21-9-6-20(7-12-25-13-8-20)22(11-10-21)19(24)16-3-4-16/h2,5,16H,3-4,6-14H2,1H3. The molecule has 1 spiro atoms. The van der Waals surface area contributed by atoms with Gasteiger partial charge in [-0.1, -0.05) is 0 Å². The van der Waals surface area contributed by atoms with E-state index in [2.05, 4.69) is 24.0 Å². The number of rotatable bonds is 3. The number of carbonyl (C=O) groups is 2. The maximum Gasteiger partial charge on any atom is 0.227 e. The Bertz CT molecular complexity index is 676. The van der Waals surface area contributed by atoms with Crippen LogP contribution in [-0.4, -0.2) is 60.0 Å². The number of carbonyl (C=O) groups excluding carboxylic acids is 2. The highest BCUT2D eigenvalue weighted by Gasteiger charge is 2.46. The summed E-state index contributed by atoms with van der Waals surface area (Å²) in [6.07, 6.45) is 5.22. The van der Waals surface area contributed by atoms with Crippen molar-refractivity contribution >= 4 is 23.2 Å². The number of amides is 2. The van der Waals surface area contributed by atoms with Gasteiger partial charge >= 0.3 is 0 Å². The van der Waals surface area contributed by atoms with E-state index in [1.807, 2.05) is 4.90 Å². The Kier molecular flexibility index (Phi) is 5.06. The average molecular weight is 377 g/mol. The fourth-order valence-corrected chi connectivity index (χ4v) is 5.19. The molecule has 142 valence electrons. The zero-order valence-electron chi connectivity index (χ0n) is 15.5. The Morgan fingerprint density at radius 3 is 2.58 bits per heavy atom.